The van der Waals surface area contributed by atoms with Gasteiger partial charge in [0.2, 0.25) is 0 Å². The number of hydrogen-bond acceptors (Lipinski definition) is 3. The zero-order valence-corrected chi connectivity index (χ0v) is 8.43. The summed E-state index contributed by atoms with van der Waals surface area (Å²) in [6.45, 7) is 0.700. The summed E-state index contributed by atoms with van der Waals surface area (Å²) < 4.78 is 5.50. The number of hydrogen-bond donors (Lipinski definition) is 1. The highest BCUT2D eigenvalue weighted by Crippen LogP contribution is 2.15. The summed E-state index contributed by atoms with van der Waals surface area (Å²) in [5.41, 5.74) is 0.837. The number of benzene rings is 1. The van der Waals surface area contributed by atoms with Crippen LogP contribution in [-0.2, 0) is 0 Å². The maximum Gasteiger partial charge on any atom is 0.128 e. The van der Waals surface area contributed by atoms with Crippen molar-refractivity contribution in [1.82, 2.24) is 0 Å². The van der Waals surface area contributed by atoms with Crippen LogP contribution in [0.2, 0.25) is 0 Å². The fourth-order valence-corrected chi connectivity index (χ4v) is 1.22. The van der Waals surface area contributed by atoms with Gasteiger partial charge in [-0.1, -0.05) is 12.1 Å². The number of nitrogens with one attached hydrogen (secondary N) is 1. The zero-order valence-electron chi connectivity index (χ0n) is 7.62. The molecule has 1 rings (SSSR count). The van der Waals surface area contributed by atoms with E-state index in [-0.39, 0.29) is 0 Å². The molecule has 0 amide bonds. The minimum absolute atomic E-state index is 0.700. The lowest BCUT2D eigenvalue weighted by atomic mass is 10.2. The highest BCUT2D eigenvalue weighted by molar-refractivity contribution is 7.98. The molecule has 0 saturated heterocycles. The summed E-state index contributed by atoms with van der Waals surface area (Å²) in [6.07, 6.45) is 3.36. The van der Waals surface area contributed by atoms with Crippen LogP contribution in [0.4, 0.5) is 0 Å². The molecule has 0 unspecified atom stereocenters. The van der Waals surface area contributed by atoms with Crippen molar-refractivity contribution in [1.29, 1.82) is 5.41 Å². The molecule has 2 nitrogen and oxygen atoms in total. The summed E-state index contributed by atoms with van der Waals surface area (Å²) >= 11 is 1.75. The van der Waals surface area contributed by atoms with Crippen LogP contribution in [-0.4, -0.2) is 24.8 Å². The largest absolute Gasteiger partial charge is 0.492 e. The quantitative estimate of drug-likeness (QED) is 0.578. The second-order valence-electron chi connectivity index (χ2n) is 2.52. The Morgan fingerprint density at radius 3 is 2.92 bits per heavy atom. The molecule has 0 fully saturated rings. The molecule has 1 aromatic rings. The van der Waals surface area contributed by atoms with Gasteiger partial charge < -0.3 is 10.1 Å². The van der Waals surface area contributed by atoms with Gasteiger partial charge in [-0.15, -0.1) is 0 Å². The van der Waals surface area contributed by atoms with Crippen LogP contribution in [0, 0.1) is 5.41 Å². The van der Waals surface area contributed by atoms with E-state index in [1.54, 1.807) is 11.8 Å². The van der Waals surface area contributed by atoms with E-state index >= 15 is 0 Å². The molecule has 70 valence electrons. The molecule has 0 radical (unpaired) electrons. The molecule has 13 heavy (non-hydrogen) atoms. The second-order valence-corrected chi connectivity index (χ2v) is 3.51. The molecule has 1 aromatic carbocycles. The lowest BCUT2D eigenvalue weighted by molar-refractivity contribution is 0.343. The first-order valence-corrected chi connectivity index (χ1v) is 5.49. The van der Waals surface area contributed by atoms with Gasteiger partial charge >= 0.3 is 0 Å². The molecular weight excluding hydrogens is 182 g/mol. The van der Waals surface area contributed by atoms with Crippen LogP contribution in [0.15, 0.2) is 24.3 Å². The first-order chi connectivity index (χ1) is 6.38. The predicted molar refractivity (Wildman–Crippen MR) is 58.2 cm³/mol. The van der Waals surface area contributed by atoms with Crippen molar-refractivity contribution in [2.24, 2.45) is 0 Å². The van der Waals surface area contributed by atoms with E-state index in [0.29, 0.717) is 6.61 Å². The topological polar surface area (TPSA) is 33.1 Å². The molecule has 0 heterocycles. The van der Waals surface area contributed by atoms with E-state index in [4.69, 9.17) is 10.1 Å². The van der Waals surface area contributed by atoms with Crippen molar-refractivity contribution in [3.05, 3.63) is 29.8 Å². The Morgan fingerprint density at radius 1 is 1.46 bits per heavy atom. The average molecular weight is 195 g/mol. The van der Waals surface area contributed by atoms with Gasteiger partial charge in [0, 0.05) is 17.5 Å². The van der Waals surface area contributed by atoms with Crippen LogP contribution in [0.5, 0.6) is 5.75 Å². The Bertz CT molecular complexity index is 275. The third-order valence-corrected chi connectivity index (χ3v) is 2.19. The Kier molecular flexibility index (Phi) is 4.40. The van der Waals surface area contributed by atoms with Gasteiger partial charge in [0.25, 0.3) is 0 Å². The summed E-state index contributed by atoms with van der Waals surface area (Å²) in [4.78, 5) is 0. The van der Waals surface area contributed by atoms with Crippen LogP contribution in [0.3, 0.4) is 0 Å². The number of para-hydroxylation sites is 1. The molecule has 0 aliphatic carbocycles. The maximum atomic E-state index is 7.15. The van der Waals surface area contributed by atoms with E-state index in [2.05, 4.69) is 0 Å². The fraction of sp³-hybridized carbons (Fsp3) is 0.300. The predicted octanol–water partition coefficient (Wildman–Crippen LogP) is 2.43. The van der Waals surface area contributed by atoms with Gasteiger partial charge in [-0.25, -0.2) is 0 Å². The molecule has 0 atom stereocenters. The zero-order chi connectivity index (χ0) is 9.52. The van der Waals surface area contributed by atoms with Gasteiger partial charge in [0.1, 0.15) is 5.75 Å². The highest BCUT2D eigenvalue weighted by atomic mass is 32.2. The van der Waals surface area contributed by atoms with Crippen LogP contribution in [0.1, 0.15) is 5.56 Å². The van der Waals surface area contributed by atoms with Crippen LogP contribution < -0.4 is 4.74 Å². The third-order valence-electron chi connectivity index (χ3n) is 1.62. The fourth-order valence-electron chi connectivity index (χ4n) is 0.966. The number of rotatable bonds is 5. The van der Waals surface area contributed by atoms with Gasteiger partial charge in [0.05, 0.1) is 6.61 Å². The van der Waals surface area contributed by atoms with Crippen molar-refractivity contribution >= 4 is 18.0 Å². The highest BCUT2D eigenvalue weighted by Gasteiger charge is 1.98. The van der Waals surface area contributed by atoms with E-state index < -0.39 is 0 Å². The van der Waals surface area contributed by atoms with Crippen LogP contribution >= 0.6 is 11.8 Å². The number of ether oxygens (including phenoxy) is 1. The molecule has 0 aliphatic rings. The Balaban J connectivity index is 2.59. The third kappa shape index (κ3) is 3.11. The smallest absolute Gasteiger partial charge is 0.128 e. The van der Waals surface area contributed by atoms with Crippen molar-refractivity contribution < 1.29 is 4.74 Å². The van der Waals surface area contributed by atoms with Gasteiger partial charge in [-0.2, -0.15) is 11.8 Å². The first-order valence-electron chi connectivity index (χ1n) is 4.09. The van der Waals surface area contributed by atoms with Gasteiger partial charge in [0.15, 0.2) is 0 Å². The van der Waals surface area contributed by atoms with Crippen molar-refractivity contribution in [3.8, 4) is 5.75 Å². The maximum absolute atomic E-state index is 7.15. The Morgan fingerprint density at radius 2 is 2.23 bits per heavy atom. The average Bonchev–Trinajstić information content (AvgIpc) is 2.19. The van der Waals surface area contributed by atoms with E-state index in [9.17, 15) is 0 Å². The van der Waals surface area contributed by atoms with Crippen molar-refractivity contribution in [3.63, 3.8) is 0 Å². The lowest BCUT2D eigenvalue weighted by Gasteiger charge is -2.06. The summed E-state index contributed by atoms with van der Waals surface area (Å²) in [5.74, 6) is 1.78. The molecule has 0 saturated carbocycles. The summed E-state index contributed by atoms with van der Waals surface area (Å²) in [5, 5.41) is 7.15. The standard InChI is InChI=1S/C10H13NOS/c1-13-7-6-12-10-5-3-2-4-9(10)8-11/h2-5,8,11H,6-7H2,1H3. The van der Waals surface area contributed by atoms with Crippen molar-refractivity contribution in [2.75, 3.05) is 18.6 Å². The number of thioether (sulfide) groups is 1. The monoisotopic (exact) mass is 195 g/mol. The lowest BCUT2D eigenvalue weighted by Crippen LogP contribution is -2.01. The summed E-state index contributed by atoms with van der Waals surface area (Å²) in [6, 6.07) is 7.59. The SMILES string of the molecule is CSCCOc1ccccc1C=N. The van der Waals surface area contributed by atoms with Gasteiger partial charge in [-0.05, 0) is 18.4 Å². The molecular formula is C10H13NOS. The second kappa shape index (κ2) is 5.65. The molecule has 0 spiro atoms. The van der Waals surface area contributed by atoms with Crippen molar-refractivity contribution in [2.45, 2.75) is 0 Å². The molecule has 3 heteroatoms. The summed E-state index contributed by atoms with van der Waals surface area (Å²) in [7, 11) is 0. The molecule has 0 aliphatic heterocycles. The van der Waals surface area contributed by atoms with Crippen LogP contribution in [0.25, 0.3) is 0 Å². The van der Waals surface area contributed by atoms with E-state index in [1.807, 2.05) is 30.5 Å². The Labute approximate surface area is 82.8 Å². The Hall–Kier alpha value is -0.960. The van der Waals surface area contributed by atoms with E-state index in [0.717, 1.165) is 17.1 Å². The molecule has 0 aromatic heterocycles. The van der Waals surface area contributed by atoms with E-state index in [1.165, 1.54) is 6.21 Å². The minimum atomic E-state index is 0.700. The molecule has 1 N–H and O–H groups in total. The normalized spacial score (nSPS) is 9.62. The first kappa shape index (κ1) is 10.1. The minimum Gasteiger partial charge on any atom is -0.492 e. The molecule has 0 bridgehead atoms. The van der Waals surface area contributed by atoms with Gasteiger partial charge in [-0.3, -0.25) is 0 Å².